The van der Waals surface area contributed by atoms with E-state index in [4.69, 9.17) is 4.42 Å². The van der Waals surface area contributed by atoms with Crippen LogP contribution in [-0.2, 0) is 7.05 Å². The second-order valence-corrected chi connectivity index (χ2v) is 6.50. The molecule has 0 saturated carbocycles. The predicted molar refractivity (Wildman–Crippen MR) is 103 cm³/mol. The summed E-state index contributed by atoms with van der Waals surface area (Å²) < 4.78 is 6.45. The molecular weight excluding hydrogens is 348 g/mol. The molecule has 3 heterocycles. The molecule has 1 aliphatic heterocycles. The highest BCUT2D eigenvalue weighted by atomic mass is 16.5. The molecule has 0 aliphatic carbocycles. The summed E-state index contributed by atoms with van der Waals surface area (Å²) in [6.45, 7) is 2.03. The maximum Gasteiger partial charge on any atom is 0.275 e. The van der Waals surface area contributed by atoms with Crippen LogP contribution in [0.15, 0.2) is 52.1 Å². The summed E-state index contributed by atoms with van der Waals surface area (Å²) in [7, 11) is 1.65. The van der Waals surface area contributed by atoms with Crippen molar-refractivity contribution in [1.82, 2.24) is 9.47 Å². The Morgan fingerprint density at radius 1 is 1.15 bits per heavy atom. The highest BCUT2D eigenvalue weighted by Gasteiger charge is 2.26. The number of rotatable bonds is 3. The van der Waals surface area contributed by atoms with E-state index in [9.17, 15) is 14.8 Å². The van der Waals surface area contributed by atoms with E-state index in [1.165, 1.54) is 17.1 Å². The minimum atomic E-state index is -0.365. The molecule has 0 bridgehead atoms. The van der Waals surface area contributed by atoms with Crippen LogP contribution in [0.1, 0.15) is 10.4 Å². The van der Waals surface area contributed by atoms with Gasteiger partial charge in [0.1, 0.15) is 12.0 Å². The molecule has 1 saturated heterocycles. The standard InChI is InChI=1S/C19H19N4O4/c1-21-15-5-3-2-4-14(15)17(16(20-26)19(21)25)22-7-9-23(10-8-22)18(24)13-6-11-27-12-13/h2-6,11-12,20H,7-10H2,1H3/q-1. The largest absolute Gasteiger partial charge is 0.761 e. The summed E-state index contributed by atoms with van der Waals surface area (Å²) >= 11 is 0. The molecule has 8 nitrogen and oxygen atoms in total. The minimum Gasteiger partial charge on any atom is -0.761 e. The third-order valence-electron chi connectivity index (χ3n) is 5.03. The smallest absolute Gasteiger partial charge is 0.275 e. The maximum atomic E-state index is 12.6. The van der Waals surface area contributed by atoms with Crippen molar-refractivity contribution >= 4 is 28.2 Å². The highest BCUT2D eigenvalue weighted by Crippen LogP contribution is 2.32. The number of anilines is 2. The molecule has 1 amide bonds. The van der Waals surface area contributed by atoms with Crippen LogP contribution in [0, 0.1) is 5.21 Å². The van der Waals surface area contributed by atoms with E-state index < -0.39 is 0 Å². The number of hydrogen-bond donors (Lipinski definition) is 1. The van der Waals surface area contributed by atoms with Crippen LogP contribution in [0.3, 0.4) is 0 Å². The summed E-state index contributed by atoms with van der Waals surface area (Å²) in [5, 5.41) is 12.4. The molecule has 0 unspecified atom stereocenters. The fourth-order valence-corrected chi connectivity index (χ4v) is 3.60. The second-order valence-electron chi connectivity index (χ2n) is 6.50. The Balaban J connectivity index is 1.67. The van der Waals surface area contributed by atoms with E-state index in [0.717, 1.165) is 10.9 Å². The molecule has 1 aromatic carbocycles. The van der Waals surface area contributed by atoms with Gasteiger partial charge < -0.3 is 29.5 Å². The molecule has 0 radical (unpaired) electrons. The highest BCUT2D eigenvalue weighted by molar-refractivity contribution is 5.99. The number of nitrogens with zero attached hydrogens (tertiary/aromatic N) is 3. The van der Waals surface area contributed by atoms with Crippen LogP contribution >= 0.6 is 0 Å². The summed E-state index contributed by atoms with van der Waals surface area (Å²) in [5.74, 6) is -0.0839. The van der Waals surface area contributed by atoms with Gasteiger partial charge in [-0.2, -0.15) is 0 Å². The zero-order chi connectivity index (χ0) is 19.0. The first kappa shape index (κ1) is 17.2. The molecular formula is C19H19N4O4-. The molecule has 27 heavy (non-hydrogen) atoms. The van der Waals surface area contributed by atoms with Crippen molar-refractivity contribution in [2.24, 2.45) is 7.05 Å². The zero-order valence-electron chi connectivity index (χ0n) is 14.8. The Morgan fingerprint density at radius 3 is 2.56 bits per heavy atom. The van der Waals surface area contributed by atoms with Crippen molar-refractivity contribution in [3.63, 3.8) is 0 Å². The predicted octanol–water partition coefficient (Wildman–Crippen LogP) is 2.00. The van der Waals surface area contributed by atoms with Gasteiger partial charge in [0.25, 0.3) is 11.5 Å². The van der Waals surface area contributed by atoms with E-state index in [-0.39, 0.29) is 17.2 Å². The number of benzene rings is 1. The van der Waals surface area contributed by atoms with Gasteiger partial charge in [0.05, 0.1) is 23.0 Å². The SMILES string of the molecule is Cn1c(=O)c(N[O-])c(N2CCN(C(=O)c3ccoc3)CC2)c2ccccc21. The zero-order valence-corrected chi connectivity index (χ0v) is 14.8. The lowest BCUT2D eigenvalue weighted by molar-refractivity contribution is 0.0746. The van der Waals surface area contributed by atoms with E-state index >= 15 is 0 Å². The number of aryl methyl sites for hydroxylation is 1. The van der Waals surface area contributed by atoms with Crippen LogP contribution < -0.4 is 15.9 Å². The van der Waals surface area contributed by atoms with Crippen molar-refractivity contribution in [1.29, 1.82) is 0 Å². The molecule has 0 atom stereocenters. The van der Waals surface area contributed by atoms with Gasteiger partial charge in [-0.3, -0.25) is 9.59 Å². The second kappa shape index (κ2) is 6.81. The van der Waals surface area contributed by atoms with E-state index in [1.54, 1.807) is 18.0 Å². The minimum absolute atomic E-state index is 0.0332. The number of fused-ring (bicyclic) bond motifs is 1. The maximum absolute atomic E-state index is 12.6. The first-order valence-corrected chi connectivity index (χ1v) is 8.68. The Hall–Kier alpha value is -3.26. The molecule has 4 rings (SSSR count). The molecule has 8 heteroatoms. The van der Waals surface area contributed by atoms with E-state index in [1.807, 2.05) is 34.6 Å². The average Bonchev–Trinajstić information content (AvgIpc) is 3.25. The monoisotopic (exact) mass is 367 g/mol. The molecule has 2 aromatic heterocycles. The van der Waals surface area contributed by atoms with Crippen LogP contribution in [0.4, 0.5) is 11.4 Å². The van der Waals surface area contributed by atoms with E-state index in [0.29, 0.717) is 37.4 Å². The number of para-hydroxylation sites is 1. The summed E-state index contributed by atoms with van der Waals surface area (Å²) in [5.41, 5.74) is 3.37. The normalized spacial score (nSPS) is 14.6. The van der Waals surface area contributed by atoms with Gasteiger partial charge in [-0.15, -0.1) is 0 Å². The van der Waals surface area contributed by atoms with Crippen LogP contribution in [0.2, 0.25) is 0 Å². The number of carbonyl (C=O) groups is 1. The Morgan fingerprint density at radius 2 is 1.89 bits per heavy atom. The molecule has 1 N–H and O–H groups in total. The van der Waals surface area contributed by atoms with Gasteiger partial charge in [0.2, 0.25) is 0 Å². The van der Waals surface area contributed by atoms with Crippen molar-refractivity contribution < 1.29 is 9.21 Å². The Labute approximate surface area is 155 Å². The summed E-state index contributed by atoms with van der Waals surface area (Å²) in [6.07, 6.45) is 2.91. The average molecular weight is 367 g/mol. The lowest BCUT2D eigenvalue weighted by atomic mass is 10.1. The Kier molecular flexibility index (Phi) is 4.33. The molecule has 3 aromatic rings. The first-order valence-electron chi connectivity index (χ1n) is 8.68. The number of amides is 1. The number of hydrogen-bond acceptors (Lipinski definition) is 6. The quantitative estimate of drug-likeness (QED) is 0.712. The van der Waals surface area contributed by atoms with Gasteiger partial charge in [-0.05, 0) is 12.1 Å². The molecule has 140 valence electrons. The fourth-order valence-electron chi connectivity index (χ4n) is 3.60. The first-order chi connectivity index (χ1) is 13.1. The number of furan rings is 1. The van der Waals surface area contributed by atoms with Crippen LogP contribution in [0.25, 0.3) is 10.9 Å². The number of piperazine rings is 1. The molecule has 0 spiro atoms. The van der Waals surface area contributed by atoms with Gasteiger partial charge in [0, 0.05) is 38.6 Å². The third-order valence-corrected chi connectivity index (χ3v) is 5.03. The summed E-state index contributed by atoms with van der Waals surface area (Å²) in [4.78, 5) is 28.8. The third kappa shape index (κ3) is 2.83. The van der Waals surface area contributed by atoms with Gasteiger partial charge >= 0.3 is 0 Å². The van der Waals surface area contributed by atoms with Crippen LogP contribution in [0.5, 0.6) is 0 Å². The molecule has 1 aliphatic rings. The lowest BCUT2D eigenvalue weighted by Crippen LogP contribution is -2.49. The topological polar surface area (TPSA) is 93.8 Å². The van der Waals surface area contributed by atoms with E-state index in [2.05, 4.69) is 0 Å². The summed E-state index contributed by atoms with van der Waals surface area (Å²) in [6, 6.07) is 9.13. The van der Waals surface area contributed by atoms with Crippen molar-refractivity contribution in [2.45, 2.75) is 0 Å². The number of aromatic nitrogens is 1. The number of carbonyl (C=O) groups excluding carboxylic acids is 1. The van der Waals surface area contributed by atoms with Gasteiger partial charge in [-0.25, -0.2) is 0 Å². The van der Waals surface area contributed by atoms with Crippen molar-refractivity contribution in [2.75, 3.05) is 36.6 Å². The van der Waals surface area contributed by atoms with Crippen molar-refractivity contribution in [3.05, 3.63) is 64.0 Å². The van der Waals surface area contributed by atoms with Crippen molar-refractivity contribution in [3.8, 4) is 0 Å². The fraction of sp³-hybridized carbons (Fsp3) is 0.263. The van der Waals surface area contributed by atoms with Gasteiger partial charge in [-0.1, -0.05) is 18.2 Å². The number of nitrogens with one attached hydrogen (secondary N) is 1. The lowest BCUT2D eigenvalue weighted by Gasteiger charge is -2.37. The number of pyridine rings is 1. The molecule has 1 fully saturated rings. The Bertz CT molecular complexity index is 1030. The van der Waals surface area contributed by atoms with Gasteiger partial charge in [0.15, 0.2) is 0 Å². The van der Waals surface area contributed by atoms with Crippen LogP contribution in [-0.4, -0.2) is 41.6 Å².